The Balaban J connectivity index is 2.50. The van der Waals surface area contributed by atoms with Gasteiger partial charge < -0.3 is 10.1 Å². The van der Waals surface area contributed by atoms with Crippen LogP contribution in [0.3, 0.4) is 0 Å². The fourth-order valence-corrected chi connectivity index (χ4v) is 2.39. The van der Waals surface area contributed by atoms with Gasteiger partial charge in [0, 0.05) is 18.2 Å². The molecule has 0 radical (unpaired) electrons. The quantitative estimate of drug-likeness (QED) is 0.553. The van der Waals surface area contributed by atoms with Crippen molar-refractivity contribution in [1.29, 1.82) is 0 Å². The van der Waals surface area contributed by atoms with E-state index in [0.29, 0.717) is 24.8 Å². The predicted octanol–water partition coefficient (Wildman–Crippen LogP) is 1.57. The summed E-state index contributed by atoms with van der Waals surface area (Å²) in [5, 5.41) is 3.37. The van der Waals surface area contributed by atoms with Crippen LogP contribution >= 0.6 is 0 Å². The Hall–Kier alpha value is -0.870. The molecule has 0 aromatic carbocycles. The van der Waals surface area contributed by atoms with Crippen LogP contribution in [0.2, 0.25) is 0 Å². The topological polar surface area (TPSA) is 41.6 Å². The standard InChI is InChI=1S/C14H26N2O2/c1-4-10-16(13-6-8-15-9-7-13)11-12(3)14(17)18-5-2/h13,15H,3-11H2,1-2H3. The van der Waals surface area contributed by atoms with Crippen molar-refractivity contribution in [3.8, 4) is 0 Å². The Kier molecular flexibility index (Phi) is 6.98. The second-order valence-electron chi connectivity index (χ2n) is 4.78. The summed E-state index contributed by atoms with van der Waals surface area (Å²) >= 11 is 0. The van der Waals surface area contributed by atoms with Gasteiger partial charge in [0.2, 0.25) is 0 Å². The fourth-order valence-electron chi connectivity index (χ4n) is 2.39. The molecule has 0 aromatic rings. The number of hydrogen-bond acceptors (Lipinski definition) is 4. The molecule has 0 aromatic heterocycles. The average Bonchev–Trinajstić information content (AvgIpc) is 2.39. The molecule has 0 amide bonds. The Morgan fingerprint density at radius 2 is 2.06 bits per heavy atom. The molecule has 0 aliphatic carbocycles. The zero-order valence-corrected chi connectivity index (χ0v) is 11.7. The van der Waals surface area contributed by atoms with Crippen molar-refractivity contribution >= 4 is 5.97 Å². The SMILES string of the molecule is C=C(CN(CCC)C1CCNCC1)C(=O)OCC. The highest BCUT2D eigenvalue weighted by molar-refractivity contribution is 5.88. The predicted molar refractivity (Wildman–Crippen MR) is 73.5 cm³/mol. The molecule has 0 saturated carbocycles. The van der Waals surface area contributed by atoms with Gasteiger partial charge in [-0.25, -0.2) is 4.79 Å². The van der Waals surface area contributed by atoms with Gasteiger partial charge >= 0.3 is 5.97 Å². The summed E-state index contributed by atoms with van der Waals surface area (Å²) in [7, 11) is 0. The smallest absolute Gasteiger partial charge is 0.334 e. The van der Waals surface area contributed by atoms with E-state index in [1.165, 1.54) is 0 Å². The van der Waals surface area contributed by atoms with Gasteiger partial charge in [-0.3, -0.25) is 4.90 Å². The van der Waals surface area contributed by atoms with E-state index in [0.717, 1.165) is 38.9 Å². The number of nitrogens with zero attached hydrogens (tertiary/aromatic N) is 1. The summed E-state index contributed by atoms with van der Waals surface area (Å²) in [5.41, 5.74) is 0.573. The first kappa shape index (κ1) is 15.2. The minimum Gasteiger partial charge on any atom is -0.463 e. The van der Waals surface area contributed by atoms with Crippen LogP contribution in [0.25, 0.3) is 0 Å². The van der Waals surface area contributed by atoms with Crippen molar-refractivity contribution in [2.24, 2.45) is 0 Å². The third kappa shape index (κ3) is 4.78. The lowest BCUT2D eigenvalue weighted by atomic mass is 10.0. The van der Waals surface area contributed by atoms with Crippen LogP contribution in [0.15, 0.2) is 12.2 Å². The van der Waals surface area contributed by atoms with Crippen LogP contribution in [0, 0.1) is 0 Å². The molecule has 1 fully saturated rings. The van der Waals surface area contributed by atoms with Crippen LogP contribution in [-0.2, 0) is 9.53 Å². The average molecular weight is 254 g/mol. The van der Waals surface area contributed by atoms with E-state index in [9.17, 15) is 4.79 Å². The van der Waals surface area contributed by atoms with Crippen molar-refractivity contribution < 1.29 is 9.53 Å². The number of rotatable bonds is 7. The van der Waals surface area contributed by atoms with E-state index in [2.05, 4.69) is 23.7 Å². The van der Waals surface area contributed by atoms with E-state index >= 15 is 0 Å². The summed E-state index contributed by atoms with van der Waals surface area (Å²) in [4.78, 5) is 14.0. The van der Waals surface area contributed by atoms with Gasteiger partial charge in [-0.05, 0) is 45.8 Å². The third-order valence-electron chi connectivity index (χ3n) is 3.29. The Bertz CT molecular complexity index is 273. The summed E-state index contributed by atoms with van der Waals surface area (Å²) in [5.74, 6) is -0.257. The highest BCUT2D eigenvalue weighted by Crippen LogP contribution is 2.14. The normalized spacial score (nSPS) is 16.8. The van der Waals surface area contributed by atoms with Crippen LogP contribution in [0.1, 0.15) is 33.1 Å². The Labute approximate surface area is 110 Å². The van der Waals surface area contributed by atoms with Gasteiger partial charge in [-0.1, -0.05) is 13.5 Å². The van der Waals surface area contributed by atoms with Crippen molar-refractivity contribution in [2.75, 3.05) is 32.8 Å². The molecule has 1 saturated heterocycles. The summed E-state index contributed by atoms with van der Waals surface area (Å²) in [6.45, 7) is 12.0. The van der Waals surface area contributed by atoms with Crippen LogP contribution < -0.4 is 5.32 Å². The fraction of sp³-hybridized carbons (Fsp3) is 0.786. The summed E-state index contributed by atoms with van der Waals surface area (Å²) in [6, 6.07) is 0.567. The van der Waals surface area contributed by atoms with Crippen LogP contribution in [0.5, 0.6) is 0 Å². The van der Waals surface area contributed by atoms with E-state index in [1.54, 1.807) is 0 Å². The molecule has 18 heavy (non-hydrogen) atoms. The molecule has 0 atom stereocenters. The highest BCUT2D eigenvalue weighted by atomic mass is 16.5. The number of carbonyl (C=O) groups is 1. The molecule has 1 aliphatic heterocycles. The summed E-state index contributed by atoms with van der Waals surface area (Å²) in [6.07, 6.45) is 3.40. The first-order valence-corrected chi connectivity index (χ1v) is 6.98. The minimum atomic E-state index is -0.257. The summed E-state index contributed by atoms with van der Waals surface area (Å²) < 4.78 is 4.99. The number of piperidine rings is 1. The lowest BCUT2D eigenvalue weighted by Crippen LogP contribution is -2.44. The lowest BCUT2D eigenvalue weighted by Gasteiger charge is -2.34. The molecular formula is C14H26N2O2. The van der Waals surface area contributed by atoms with Gasteiger partial charge in [-0.2, -0.15) is 0 Å². The molecule has 0 bridgehead atoms. The van der Waals surface area contributed by atoms with Crippen molar-refractivity contribution in [3.63, 3.8) is 0 Å². The van der Waals surface area contributed by atoms with Gasteiger partial charge in [0.25, 0.3) is 0 Å². The first-order chi connectivity index (χ1) is 8.69. The third-order valence-corrected chi connectivity index (χ3v) is 3.29. The van der Waals surface area contributed by atoms with Gasteiger partial charge in [-0.15, -0.1) is 0 Å². The maximum Gasteiger partial charge on any atom is 0.334 e. The van der Waals surface area contributed by atoms with E-state index in [4.69, 9.17) is 4.74 Å². The van der Waals surface area contributed by atoms with Crippen LogP contribution in [0.4, 0.5) is 0 Å². The molecular weight excluding hydrogens is 228 g/mol. The van der Waals surface area contributed by atoms with Crippen molar-refractivity contribution in [3.05, 3.63) is 12.2 Å². The Morgan fingerprint density at radius 1 is 1.39 bits per heavy atom. The molecule has 4 heteroatoms. The molecule has 0 spiro atoms. The number of ether oxygens (including phenoxy) is 1. The molecule has 1 rings (SSSR count). The number of nitrogens with one attached hydrogen (secondary N) is 1. The van der Waals surface area contributed by atoms with Crippen molar-refractivity contribution in [2.45, 2.75) is 39.2 Å². The van der Waals surface area contributed by atoms with Crippen LogP contribution in [-0.4, -0.2) is 49.7 Å². The van der Waals surface area contributed by atoms with Gasteiger partial charge in [0.15, 0.2) is 0 Å². The second-order valence-corrected chi connectivity index (χ2v) is 4.78. The zero-order chi connectivity index (χ0) is 13.4. The molecule has 1 N–H and O–H groups in total. The van der Waals surface area contributed by atoms with E-state index in [-0.39, 0.29) is 5.97 Å². The highest BCUT2D eigenvalue weighted by Gasteiger charge is 2.22. The van der Waals surface area contributed by atoms with Crippen molar-refractivity contribution in [1.82, 2.24) is 10.2 Å². The largest absolute Gasteiger partial charge is 0.463 e. The molecule has 0 unspecified atom stereocenters. The zero-order valence-electron chi connectivity index (χ0n) is 11.7. The van der Waals surface area contributed by atoms with E-state index in [1.807, 2.05) is 6.92 Å². The lowest BCUT2D eigenvalue weighted by molar-refractivity contribution is -0.138. The monoisotopic (exact) mass is 254 g/mol. The molecule has 1 heterocycles. The molecule has 4 nitrogen and oxygen atoms in total. The number of carbonyl (C=O) groups excluding carboxylic acids is 1. The molecule has 1 aliphatic rings. The maximum atomic E-state index is 11.6. The maximum absolute atomic E-state index is 11.6. The molecule has 104 valence electrons. The second kappa shape index (κ2) is 8.27. The van der Waals surface area contributed by atoms with Gasteiger partial charge in [0.05, 0.1) is 6.61 Å². The first-order valence-electron chi connectivity index (χ1n) is 6.98. The number of esters is 1. The van der Waals surface area contributed by atoms with Gasteiger partial charge in [0.1, 0.15) is 0 Å². The number of hydrogen-bond donors (Lipinski definition) is 1. The van der Waals surface area contributed by atoms with E-state index < -0.39 is 0 Å². The minimum absolute atomic E-state index is 0.257. The Morgan fingerprint density at radius 3 is 2.61 bits per heavy atom.